The predicted octanol–water partition coefficient (Wildman–Crippen LogP) is 1.77. The van der Waals surface area contributed by atoms with Crippen LogP contribution in [0.5, 0.6) is 5.75 Å². The monoisotopic (exact) mass is 430 g/mol. The van der Waals surface area contributed by atoms with E-state index in [-0.39, 0.29) is 17.4 Å². The number of ether oxygens (including phenoxy) is 2. The van der Waals surface area contributed by atoms with E-state index in [9.17, 15) is 14.7 Å². The van der Waals surface area contributed by atoms with E-state index in [4.69, 9.17) is 9.47 Å². The van der Waals surface area contributed by atoms with E-state index in [1.165, 1.54) is 0 Å². The molecule has 168 valence electrons. The van der Waals surface area contributed by atoms with E-state index in [0.29, 0.717) is 57.2 Å². The molecule has 2 aromatic rings. The quantitative estimate of drug-likeness (QED) is 0.715. The maximum absolute atomic E-state index is 13.5. The number of hydrogen-bond donors (Lipinski definition) is 1. The van der Waals surface area contributed by atoms with Crippen LogP contribution in [0.2, 0.25) is 0 Å². The fraction of sp³-hybridized carbons (Fsp3) is 0.500. The molecule has 31 heavy (non-hydrogen) atoms. The molecular weight excluding hydrogens is 400 g/mol. The lowest BCUT2D eigenvalue weighted by Gasteiger charge is -2.39. The van der Waals surface area contributed by atoms with Crippen molar-refractivity contribution in [2.24, 2.45) is 0 Å². The Morgan fingerprint density at radius 2 is 1.90 bits per heavy atom. The lowest BCUT2D eigenvalue weighted by atomic mass is 9.97. The van der Waals surface area contributed by atoms with Crippen LogP contribution < -0.4 is 5.56 Å². The Labute approximate surface area is 181 Å². The molecule has 9 heteroatoms. The second-order valence-corrected chi connectivity index (χ2v) is 7.44. The summed E-state index contributed by atoms with van der Waals surface area (Å²) >= 11 is 0. The maximum Gasteiger partial charge on any atom is 0.409 e. The molecule has 0 radical (unpaired) electrons. The molecule has 1 aliphatic rings. The van der Waals surface area contributed by atoms with Gasteiger partial charge in [0.05, 0.1) is 24.8 Å². The van der Waals surface area contributed by atoms with Crippen molar-refractivity contribution in [3.05, 3.63) is 57.8 Å². The summed E-state index contributed by atoms with van der Waals surface area (Å²) in [4.78, 5) is 33.4. The van der Waals surface area contributed by atoms with Crippen molar-refractivity contribution in [1.29, 1.82) is 0 Å². The fourth-order valence-electron chi connectivity index (χ4n) is 3.97. The molecule has 0 aliphatic carbocycles. The molecule has 1 amide bonds. The minimum Gasteiger partial charge on any atom is -0.507 e. The van der Waals surface area contributed by atoms with Gasteiger partial charge < -0.3 is 24.0 Å². The van der Waals surface area contributed by atoms with E-state index in [0.717, 1.165) is 5.56 Å². The summed E-state index contributed by atoms with van der Waals surface area (Å²) in [5.41, 5.74) is 1.60. The van der Waals surface area contributed by atoms with Crippen molar-refractivity contribution in [2.45, 2.75) is 26.4 Å². The standard InChI is InChI=1S/C22H30N4O5/c1-4-31-22(29)25-11-9-24(10-12-25)20(17-5-7-23-8-6-17)19-18(27)15-16(2)26(21(19)28)13-14-30-3/h5-8,15,20,27H,4,9-14H2,1-3H3/t20-/m1/s1. The van der Waals surface area contributed by atoms with Gasteiger partial charge in [-0.1, -0.05) is 0 Å². The van der Waals surface area contributed by atoms with Crippen LogP contribution in [0, 0.1) is 6.92 Å². The minimum absolute atomic E-state index is 0.0363. The molecule has 1 atom stereocenters. The van der Waals surface area contributed by atoms with Crippen LogP contribution in [0.25, 0.3) is 0 Å². The average Bonchev–Trinajstić information content (AvgIpc) is 2.77. The number of piperazine rings is 1. The number of amides is 1. The Morgan fingerprint density at radius 3 is 2.52 bits per heavy atom. The van der Waals surface area contributed by atoms with Gasteiger partial charge >= 0.3 is 6.09 Å². The second kappa shape index (κ2) is 10.4. The number of rotatable bonds is 7. The molecule has 0 aromatic carbocycles. The first-order valence-corrected chi connectivity index (χ1v) is 10.5. The second-order valence-electron chi connectivity index (χ2n) is 7.44. The third-order valence-electron chi connectivity index (χ3n) is 5.54. The van der Waals surface area contributed by atoms with Crippen molar-refractivity contribution >= 4 is 6.09 Å². The molecule has 3 heterocycles. The zero-order chi connectivity index (χ0) is 22.4. The van der Waals surface area contributed by atoms with Gasteiger partial charge in [0.1, 0.15) is 5.75 Å². The smallest absolute Gasteiger partial charge is 0.409 e. The molecule has 2 aromatic heterocycles. The van der Waals surface area contributed by atoms with Gasteiger partial charge in [-0.25, -0.2) is 4.79 Å². The van der Waals surface area contributed by atoms with Crippen molar-refractivity contribution < 1.29 is 19.4 Å². The Morgan fingerprint density at radius 1 is 1.23 bits per heavy atom. The van der Waals surface area contributed by atoms with Crippen LogP contribution in [-0.2, 0) is 16.0 Å². The van der Waals surface area contributed by atoms with E-state index in [1.807, 2.05) is 12.1 Å². The number of carbonyl (C=O) groups excluding carboxylic acids is 1. The normalized spacial score (nSPS) is 15.6. The Bertz CT molecular complexity index is 939. The number of aromatic nitrogens is 2. The first-order valence-electron chi connectivity index (χ1n) is 10.5. The van der Waals surface area contributed by atoms with Crippen LogP contribution in [0.15, 0.2) is 35.4 Å². The van der Waals surface area contributed by atoms with Crippen LogP contribution >= 0.6 is 0 Å². The molecule has 1 fully saturated rings. The van der Waals surface area contributed by atoms with Gasteiger partial charge in [-0.2, -0.15) is 0 Å². The van der Waals surface area contributed by atoms with Crippen LogP contribution in [0.4, 0.5) is 4.79 Å². The highest BCUT2D eigenvalue weighted by Gasteiger charge is 2.32. The van der Waals surface area contributed by atoms with Gasteiger partial charge in [0.25, 0.3) is 5.56 Å². The Balaban J connectivity index is 1.99. The number of pyridine rings is 2. The number of methoxy groups -OCH3 is 1. The molecule has 1 saturated heterocycles. The average molecular weight is 431 g/mol. The van der Waals surface area contributed by atoms with E-state index in [2.05, 4.69) is 9.88 Å². The van der Waals surface area contributed by atoms with Crippen LogP contribution in [0.1, 0.15) is 29.8 Å². The van der Waals surface area contributed by atoms with Gasteiger partial charge in [0.2, 0.25) is 0 Å². The molecule has 1 N–H and O–H groups in total. The molecule has 0 bridgehead atoms. The van der Waals surface area contributed by atoms with E-state index in [1.54, 1.807) is 48.9 Å². The van der Waals surface area contributed by atoms with Gasteiger partial charge in [-0.3, -0.25) is 14.7 Å². The lowest BCUT2D eigenvalue weighted by Crippen LogP contribution is -2.50. The number of nitrogens with zero attached hydrogens (tertiary/aromatic N) is 4. The Hall–Kier alpha value is -2.91. The zero-order valence-corrected chi connectivity index (χ0v) is 18.3. The van der Waals surface area contributed by atoms with Gasteiger partial charge in [-0.15, -0.1) is 0 Å². The van der Waals surface area contributed by atoms with Gasteiger partial charge in [-0.05, 0) is 37.6 Å². The minimum atomic E-state index is -0.464. The van der Waals surface area contributed by atoms with Crippen molar-refractivity contribution in [3.63, 3.8) is 0 Å². The highest BCUT2D eigenvalue weighted by molar-refractivity contribution is 5.67. The largest absolute Gasteiger partial charge is 0.507 e. The molecule has 0 saturated carbocycles. The lowest BCUT2D eigenvalue weighted by molar-refractivity contribution is 0.0709. The summed E-state index contributed by atoms with van der Waals surface area (Å²) in [5.74, 6) is -0.0363. The molecule has 0 unspecified atom stereocenters. The summed E-state index contributed by atoms with van der Waals surface area (Å²) < 4.78 is 11.9. The Kier molecular flexibility index (Phi) is 7.64. The predicted molar refractivity (Wildman–Crippen MR) is 115 cm³/mol. The fourth-order valence-corrected chi connectivity index (χ4v) is 3.97. The number of carbonyl (C=O) groups is 1. The van der Waals surface area contributed by atoms with Crippen molar-refractivity contribution in [1.82, 2.24) is 19.4 Å². The maximum atomic E-state index is 13.5. The highest BCUT2D eigenvalue weighted by atomic mass is 16.6. The van der Waals surface area contributed by atoms with E-state index < -0.39 is 6.04 Å². The summed E-state index contributed by atoms with van der Waals surface area (Å²) in [5, 5.41) is 10.8. The molecule has 3 rings (SSSR count). The summed E-state index contributed by atoms with van der Waals surface area (Å²) in [7, 11) is 1.59. The molecule has 9 nitrogen and oxygen atoms in total. The van der Waals surface area contributed by atoms with Gasteiger partial charge in [0, 0.05) is 57.9 Å². The summed E-state index contributed by atoms with van der Waals surface area (Å²) in [6.07, 6.45) is 3.01. The van der Waals surface area contributed by atoms with Crippen molar-refractivity contribution in [2.75, 3.05) is 46.5 Å². The summed E-state index contributed by atoms with van der Waals surface area (Å²) in [6, 6.07) is 4.85. The van der Waals surface area contributed by atoms with Crippen LogP contribution in [-0.4, -0.2) is 77.1 Å². The zero-order valence-electron chi connectivity index (χ0n) is 18.3. The van der Waals surface area contributed by atoms with Gasteiger partial charge in [0.15, 0.2) is 0 Å². The first-order chi connectivity index (χ1) is 15.0. The van der Waals surface area contributed by atoms with E-state index >= 15 is 0 Å². The molecular formula is C22H30N4O5. The highest BCUT2D eigenvalue weighted by Crippen LogP contribution is 2.33. The molecule has 0 spiro atoms. The number of hydrogen-bond acceptors (Lipinski definition) is 7. The number of aryl methyl sites for hydroxylation is 1. The third-order valence-corrected chi connectivity index (χ3v) is 5.54. The first kappa shape index (κ1) is 22.8. The number of aromatic hydroxyl groups is 1. The third kappa shape index (κ3) is 5.05. The van der Waals surface area contributed by atoms with Crippen molar-refractivity contribution in [3.8, 4) is 5.75 Å². The van der Waals surface area contributed by atoms with Crippen LogP contribution in [0.3, 0.4) is 0 Å². The summed E-state index contributed by atoms with van der Waals surface area (Å²) in [6.45, 7) is 6.72. The molecule has 1 aliphatic heterocycles. The SMILES string of the molecule is CCOC(=O)N1CCN([C@H](c2ccncc2)c2c(O)cc(C)n(CCOC)c2=O)CC1. The topological polar surface area (TPSA) is 97.1 Å².